The number of nitrogens with zero attached hydrogens (tertiary/aromatic N) is 2. The molecule has 0 bridgehead atoms. The molecule has 1 aromatic rings. The first-order valence-corrected chi connectivity index (χ1v) is 10.9. The summed E-state index contributed by atoms with van der Waals surface area (Å²) in [6.45, 7) is 5.22. The maximum absolute atomic E-state index is 13.4. The largest absolute Gasteiger partial charge is 0.454 e. The van der Waals surface area contributed by atoms with Gasteiger partial charge in [-0.25, -0.2) is 0 Å². The highest BCUT2D eigenvalue weighted by Crippen LogP contribution is 2.32. The fraction of sp³-hybridized carbons (Fsp3) is 0.591. The zero-order chi connectivity index (χ0) is 21.8. The van der Waals surface area contributed by atoms with E-state index < -0.39 is 6.04 Å². The minimum Gasteiger partial charge on any atom is -0.454 e. The van der Waals surface area contributed by atoms with Crippen LogP contribution in [-0.2, 0) is 14.3 Å². The standard InChI is InChI=1S/C22H29N3O6/c1-2-19(26)24-7-5-15(6-8-24)20(22(28)25-9-11-29-12-10-25)23-21(27)16-3-4-17-18(13-16)31-14-30-17/h3-4,13,15,20H,2,5-12,14H2,1H3,(H,23,27)/t20-/m1/s1. The van der Waals surface area contributed by atoms with Crippen molar-refractivity contribution in [2.24, 2.45) is 5.92 Å². The Balaban J connectivity index is 1.49. The fourth-order valence-corrected chi connectivity index (χ4v) is 4.33. The number of ether oxygens (including phenoxy) is 3. The number of fused-ring (bicyclic) bond motifs is 1. The third kappa shape index (κ3) is 4.76. The molecule has 1 N–H and O–H groups in total. The highest BCUT2D eigenvalue weighted by Gasteiger charge is 2.36. The molecule has 0 saturated carbocycles. The van der Waals surface area contributed by atoms with E-state index in [1.54, 1.807) is 23.1 Å². The maximum atomic E-state index is 13.4. The van der Waals surface area contributed by atoms with Gasteiger partial charge in [0.25, 0.3) is 5.91 Å². The van der Waals surface area contributed by atoms with Crippen molar-refractivity contribution in [3.8, 4) is 11.5 Å². The second-order valence-electron chi connectivity index (χ2n) is 8.03. The van der Waals surface area contributed by atoms with Gasteiger partial charge in [0.15, 0.2) is 11.5 Å². The summed E-state index contributed by atoms with van der Waals surface area (Å²) < 4.78 is 16.0. The number of carbonyl (C=O) groups excluding carboxylic acids is 3. The van der Waals surface area contributed by atoms with Crippen molar-refractivity contribution < 1.29 is 28.6 Å². The van der Waals surface area contributed by atoms with E-state index in [1.807, 2.05) is 11.8 Å². The monoisotopic (exact) mass is 431 g/mol. The van der Waals surface area contributed by atoms with Crippen LogP contribution >= 0.6 is 0 Å². The molecule has 4 rings (SSSR count). The van der Waals surface area contributed by atoms with Crippen molar-refractivity contribution in [3.63, 3.8) is 0 Å². The van der Waals surface area contributed by atoms with Crippen molar-refractivity contribution in [1.29, 1.82) is 0 Å². The second kappa shape index (κ2) is 9.55. The van der Waals surface area contributed by atoms with E-state index in [9.17, 15) is 14.4 Å². The van der Waals surface area contributed by atoms with Gasteiger partial charge in [0, 0.05) is 38.2 Å². The first kappa shape index (κ1) is 21.4. The highest BCUT2D eigenvalue weighted by atomic mass is 16.7. The molecular weight excluding hydrogens is 402 g/mol. The van der Waals surface area contributed by atoms with Gasteiger partial charge in [-0.1, -0.05) is 6.92 Å². The molecule has 9 nitrogen and oxygen atoms in total. The summed E-state index contributed by atoms with van der Waals surface area (Å²) in [7, 11) is 0. The Bertz CT molecular complexity index is 831. The molecule has 0 unspecified atom stereocenters. The smallest absolute Gasteiger partial charge is 0.252 e. The van der Waals surface area contributed by atoms with E-state index in [2.05, 4.69) is 5.32 Å². The van der Waals surface area contributed by atoms with E-state index in [0.29, 0.717) is 75.7 Å². The van der Waals surface area contributed by atoms with E-state index in [-0.39, 0.29) is 30.4 Å². The lowest BCUT2D eigenvalue weighted by Crippen LogP contribution is -2.56. The predicted octanol–water partition coefficient (Wildman–Crippen LogP) is 1.02. The Labute approximate surface area is 181 Å². The molecule has 3 heterocycles. The van der Waals surface area contributed by atoms with Crippen LogP contribution < -0.4 is 14.8 Å². The van der Waals surface area contributed by atoms with Gasteiger partial charge in [-0.3, -0.25) is 14.4 Å². The minimum atomic E-state index is -0.644. The summed E-state index contributed by atoms with van der Waals surface area (Å²) in [6.07, 6.45) is 1.82. The van der Waals surface area contributed by atoms with Crippen LogP contribution in [0.25, 0.3) is 0 Å². The third-order valence-corrected chi connectivity index (χ3v) is 6.18. The van der Waals surface area contributed by atoms with Gasteiger partial charge in [-0.05, 0) is 37.0 Å². The lowest BCUT2D eigenvalue weighted by molar-refractivity contribution is -0.139. The van der Waals surface area contributed by atoms with Gasteiger partial charge < -0.3 is 29.3 Å². The van der Waals surface area contributed by atoms with E-state index in [4.69, 9.17) is 14.2 Å². The third-order valence-electron chi connectivity index (χ3n) is 6.18. The number of likely N-dealkylation sites (tertiary alicyclic amines) is 1. The van der Waals surface area contributed by atoms with E-state index in [1.165, 1.54) is 0 Å². The molecule has 0 aliphatic carbocycles. The summed E-state index contributed by atoms with van der Waals surface area (Å²) in [5.41, 5.74) is 0.419. The molecule has 31 heavy (non-hydrogen) atoms. The summed E-state index contributed by atoms with van der Waals surface area (Å²) in [5.74, 6) is 0.809. The number of piperidine rings is 1. The average molecular weight is 431 g/mol. The average Bonchev–Trinajstić information content (AvgIpc) is 3.30. The number of amides is 3. The first-order chi connectivity index (χ1) is 15.1. The van der Waals surface area contributed by atoms with Crippen molar-refractivity contribution in [2.45, 2.75) is 32.2 Å². The Morgan fingerprint density at radius 3 is 2.45 bits per heavy atom. The lowest BCUT2D eigenvalue weighted by Gasteiger charge is -2.38. The maximum Gasteiger partial charge on any atom is 0.252 e. The second-order valence-corrected chi connectivity index (χ2v) is 8.03. The van der Waals surface area contributed by atoms with Crippen LogP contribution in [0.4, 0.5) is 0 Å². The number of hydrogen-bond donors (Lipinski definition) is 1. The molecule has 0 aromatic heterocycles. The molecule has 2 fully saturated rings. The zero-order valence-corrected chi connectivity index (χ0v) is 17.8. The van der Waals surface area contributed by atoms with Crippen LogP contribution in [0, 0.1) is 5.92 Å². The Kier molecular flexibility index (Phi) is 6.60. The molecule has 1 atom stereocenters. The minimum absolute atomic E-state index is 0.0331. The number of morpholine rings is 1. The highest BCUT2D eigenvalue weighted by molar-refractivity contribution is 5.98. The number of hydrogen-bond acceptors (Lipinski definition) is 6. The molecule has 1 aromatic carbocycles. The number of carbonyl (C=O) groups is 3. The summed E-state index contributed by atoms with van der Waals surface area (Å²) in [4.78, 5) is 42.0. The number of nitrogens with one attached hydrogen (secondary N) is 1. The van der Waals surface area contributed by atoms with Gasteiger partial charge in [0.1, 0.15) is 6.04 Å². The van der Waals surface area contributed by atoms with E-state index in [0.717, 1.165) is 0 Å². The molecule has 0 spiro atoms. The van der Waals surface area contributed by atoms with Crippen molar-refractivity contribution in [1.82, 2.24) is 15.1 Å². The molecule has 3 aliphatic heterocycles. The van der Waals surface area contributed by atoms with E-state index >= 15 is 0 Å². The van der Waals surface area contributed by atoms with Crippen LogP contribution in [0.15, 0.2) is 18.2 Å². The topological polar surface area (TPSA) is 97.4 Å². The molecule has 3 amide bonds. The summed E-state index contributed by atoms with van der Waals surface area (Å²) >= 11 is 0. The van der Waals surface area contributed by atoms with Crippen LogP contribution in [0.3, 0.4) is 0 Å². The Morgan fingerprint density at radius 1 is 1.03 bits per heavy atom. The summed E-state index contributed by atoms with van der Waals surface area (Å²) in [5, 5.41) is 2.98. The summed E-state index contributed by atoms with van der Waals surface area (Å²) in [6, 6.07) is 4.36. The lowest BCUT2D eigenvalue weighted by atomic mass is 9.88. The number of rotatable bonds is 5. The molecule has 9 heteroatoms. The van der Waals surface area contributed by atoms with Crippen LogP contribution in [0.2, 0.25) is 0 Å². The Morgan fingerprint density at radius 2 is 1.74 bits per heavy atom. The molecule has 168 valence electrons. The van der Waals surface area contributed by atoms with Gasteiger partial charge in [0.05, 0.1) is 13.2 Å². The zero-order valence-electron chi connectivity index (χ0n) is 17.8. The van der Waals surface area contributed by atoms with Crippen LogP contribution in [0.1, 0.15) is 36.5 Å². The normalized spacial score (nSPS) is 19.8. The van der Waals surface area contributed by atoms with Crippen molar-refractivity contribution in [2.75, 3.05) is 46.2 Å². The Hall–Kier alpha value is -2.81. The van der Waals surface area contributed by atoms with Gasteiger partial charge in [0.2, 0.25) is 18.6 Å². The molecule has 2 saturated heterocycles. The van der Waals surface area contributed by atoms with Crippen LogP contribution in [-0.4, -0.2) is 79.7 Å². The fourth-order valence-electron chi connectivity index (χ4n) is 4.33. The number of benzene rings is 1. The quantitative estimate of drug-likeness (QED) is 0.748. The SMILES string of the molecule is CCC(=O)N1CCC([C@@H](NC(=O)c2ccc3c(c2)OCO3)C(=O)N2CCOCC2)CC1. The van der Waals surface area contributed by atoms with Crippen molar-refractivity contribution >= 4 is 17.7 Å². The van der Waals surface area contributed by atoms with Gasteiger partial charge in [-0.2, -0.15) is 0 Å². The molecule has 3 aliphatic rings. The van der Waals surface area contributed by atoms with Gasteiger partial charge in [-0.15, -0.1) is 0 Å². The van der Waals surface area contributed by atoms with Gasteiger partial charge >= 0.3 is 0 Å². The predicted molar refractivity (Wildman–Crippen MR) is 111 cm³/mol. The van der Waals surface area contributed by atoms with Crippen LogP contribution in [0.5, 0.6) is 11.5 Å². The molecular formula is C22H29N3O6. The first-order valence-electron chi connectivity index (χ1n) is 10.9. The van der Waals surface area contributed by atoms with Crippen molar-refractivity contribution in [3.05, 3.63) is 23.8 Å². The molecule has 0 radical (unpaired) electrons.